The maximum atomic E-state index is 14.4. The lowest BCUT2D eigenvalue weighted by molar-refractivity contribution is -0.0138. The molecule has 3 rings (SSSR count). The third kappa shape index (κ3) is 5.80. The quantitative estimate of drug-likeness (QED) is 0.492. The van der Waals surface area contributed by atoms with Gasteiger partial charge in [-0.05, 0) is 23.8 Å². The molecule has 1 atom stereocenters. The van der Waals surface area contributed by atoms with Gasteiger partial charge in [-0.1, -0.05) is 23.7 Å². The van der Waals surface area contributed by atoms with Crippen LogP contribution < -0.4 is 20.1 Å². The Labute approximate surface area is 192 Å². The number of carbonyl (C=O) groups excluding carboxylic acids is 1. The summed E-state index contributed by atoms with van der Waals surface area (Å²) in [7, 11) is -3.67. The van der Waals surface area contributed by atoms with Gasteiger partial charge in [0, 0.05) is 18.5 Å². The monoisotopic (exact) mass is 509 g/mol. The van der Waals surface area contributed by atoms with Crippen LogP contribution in [0.25, 0.3) is 0 Å². The lowest BCUT2D eigenvalue weighted by Crippen LogP contribution is -2.50. The fraction of sp³-hybridized carbons (Fsp3) is 0.350. The molecular weight excluding hydrogens is 490 g/mol. The average molecular weight is 510 g/mol. The molecular formula is C20H20ClF4N3O4S. The van der Waals surface area contributed by atoms with E-state index in [2.05, 4.69) is 10.6 Å². The first-order chi connectivity index (χ1) is 15.5. The van der Waals surface area contributed by atoms with E-state index in [0.717, 1.165) is 12.3 Å². The molecule has 1 aliphatic heterocycles. The van der Waals surface area contributed by atoms with Crippen molar-refractivity contribution in [2.45, 2.75) is 24.6 Å². The van der Waals surface area contributed by atoms with Crippen LogP contribution in [-0.4, -0.2) is 39.7 Å². The van der Waals surface area contributed by atoms with Gasteiger partial charge in [0.1, 0.15) is 19.2 Å². The molecule has 0 fully saturated rings. The molecule has 7 nitrogen and oxygen atoms in total. The smallest absolute Gasteiger partial charge is 0.315 e. The Balaban J connectivity index is 1.72. The fourth-order valence-corrected chi connectivity index (χ4v) is 4.05. The van der Waals surface area contributed by atoms with Crippen molar-refractivity contribution in [2.24, 2.45) is 0 Å². The Kier molecular flexibility index (Phi) is 7.27. The molecule has 0 saturated carbocycles. The first kappa shape index (κ1) is 24.9. The van der Waals surface area contributed by atoms with Crippen LogP contribution in [0.15, 0.2) is 30.3 Å². The summed E-state index contributed by atoms with van der Waals surface area (Å²) in [5.74, 6) is -2.28. The van der Waals surface area contributed by atoms with Crippen molar-refractivity contribution in [3.8, 4) is 5.75 Å². The summed E-state index contributed by atoms with van der Waals surface area (Å²) in [5, 5.41) is 4.67. The van der Waals surface area contributed by atoms with E-state index in [9.17, 15) is 30.8 Å². The topological polar surface area (TPSA) is 96.5 Å². The molecule has 33 heavy (non-hydrogen) atoms. The molecule has 180 valence electrons. The van der Waals surface area contributed by atoms with Crippen LogP contribution in [-0.2, 0) is 16.6 Å². The predicted octanol–water partition coefficient (Wildman–Crippen LogP) is 3.99. The number of halogens is 5. The molecule has 0 saturated heterocycles. The van der Waals surface area contributed by atoms with E-state index >= 15 is 0 Å². The van der Waals surface area contributed by atoms with Crippen LogP contribution >= 0.6 is 11.6 Å². The van der Waals surface area contributed by atoms with Gasteiger partial charge in [-0.15, -0.1) is 0 Å². The third-order valence-electron chi connectivity index (χ3n) is 4.92. The fourth-order valence-electron chi connectivity index (χ4n) is 3.34. The Hall–Kier alpha value is -2.73. The number of amides is 2. The highest BCUT2D eigenvalue weighted by molar-refractivity contribution is 7.92. The molecule has 1 heterocycles. The number of nitrogens with one attached hydrogen (secondary N) is 3. The lowest BCUT2D eigenvalue weighted by atomic mass is 9.88. The molecule has 3 N–H and O–H groups in total. The standard InChI is InChI=1S/C20H20ClF4N3O4S/c1-33(30,31)28-15-5-2-11(6-14(15)24)8-26-19(29)27-16-7-20(9-22,10-23)32-18-12(16)3-4-13(21)17(18)25/h2-6,16,28H,7-10H2,1H3,(H2,26,27,29)/t16-/m1/s1. The number of fused-ring (bicyclic) bond motifs is 1. The van der Waals surface area contributed by atoms with Crippen LogP contribution in [0.2, 0.25) is 5.02 Å². The van der Waals surface area contributed by atoms with E-state index in [1.807, 2.05) is 4.72 Å². The van der Waals surface area contributed by atoms with E-state index in [4.69, 9.17) is 16.3 Å². The number of carbonyl (C=O) groups is 1. The minimum atomic E-state index is -3.67. The molecule has 0 aromatic heterocycles. The van der Waals surface area contributed by atoms with E-state index in [0.29, 0.717) is 5.56 Å². The van der Waals surface area contributed by atoms with Crippen LogP contribution in [0.1, 0.15) is 23.6 Å². The summed E-state index contributed by atoms with van der Waals surface area (Å²) < 4.78 is 85.4. The molecule has 13 heteroatoms. The first-order valence-electron chi connectivity index (χ1n) is 9.56. The second-order valence-corrected chi connectivity index (χ2v) is 9.76. The summed E-state index contributed by atoms with van der Waals surface area (Å²) in [6.45, 7) is -2.67. The number of alkyl halides is 2. The number of benzene rings is 2. The van der Waals surface area contributed by atoms with Crippen molar-refractivity contribution in [2.75, 3.05) is 24.3 Å². The van der Waals surface area contributed by atoms with Crippen molar-refractivity contribution >= 4 is 33.3 Å². The third-order valence-corrected chi connectivity index (χ3v) is 5.81. The van der Waals surface area contributed by atoms with Gasteiger partial charge in [-0.2, -0.15) is 0 Å². The van der Waals surface area contributed by atoms with E-state index in [1.165, 1.54) is 24.3 Å². The van der Waals surface area contributed by atoms with Crippen LogP contribution in [0.3, 0.4) is 0 Å². The number of sulfonamides is 1. The van der Waals surface area contributed by atoms with Crippen molar-refractivity contribution in [1.29, 1.82) is 0 Å². The highest BCUT2D eigenvalue weighted by Crippen LogP contribution is 2.43. The number of rotatable bonds is 7. The second kappa shape index (κ2) is 9.64. The zero-order valence-electron chi connectivity index (χ0n) is 17.2. The van der Waals surface area contributed by atoms with Gasteiger partial charge in [0.15, 0.2) is 17.2 Å². The number of hydrogen-bond acceptors (Lipinski definition) is 4. The van der Waals surface area contributed by atoms with E-state index in [1.54, 1.807) is 0 Å². The van der Waals surface area contributed by atoms with E-state index in [-0.39, 0.29) is 29.2 Å². The van der Waals surface area contributed by atoms with Gasteiger partial charge >= 0.3 is 6.03 Å². The summed E-state index contributed by atoms with van der Waals surface area (Å²) >= 11 is 5.74. The summed E-state index contributed by atoms with van der Waals surface area (Å²) in [4.78, 5) is 12.4. The van der Waals surface area contributed by atoms with Gasteiger partial charge in [0.05, 0.1) is 23.0 Å². The minimum absolute atomic E-state index is 0.148. The SMILES string of the molecule is CS(=O)(=O)Nc1ccc(CNC(=O)N[C@@H]2CC(CF)(CF)Oc3c2ccc(Cl)c3F)cc1F. The van der Waals surface area contributed by atoms with Gasteiger partial charge in [-0.3, -0.25) is 4.72 Å². The number of ether oxygens (including phenoxy) is 1. The van der Waals surface area contributed by atoms with Crippen molar-refractivity contribution in [3.05, 3.63) is 58.1 Å². The summed E-state index contributed by atoms with van der Waals surface area (Å²) in [6.07, 6.45) is 0.572. The molecule has 0 spiro atoms. The molecule has 0 bridgehead atoms. The number of anilines is 1. The van der Waals surface area contributed by atoms with Gasteiger partial charge in [-0.25, -0.2) is 30.8 Å². The molecule has 1 aliphatic rings. The molecule has 0 radical (unpaired) electrons. The molecule has 2 aromatic rings. The highest BCUT2D eigenvalue weighted by atomic mass is 35.5. The molecule has 2 aromatic carbocycles. The summed E-state index contributed by atoms with van der Waals surface area (Å²) in [5.41, 5.74) is -1.76. The first-order valence-corrected chi connectivity index (χ1v) is 11.8. The normalized spacial score (nSPS) is 17.0. The number of urea groups is 1. The maximum Gasteiger partial charge on any atom is 0.315 e. The summed E-state index contributed by atoms with van der Waals surface area (Å²) in [6, 6.07) is 4.48. The Bertz CT molecular complexity index is 1160. The minimum Gasteiger partial charge on any atom is -0.478 e. The highest BCUT2D eigenvalue weighted by Gasteiger charge is 2.44. The van der Waals surface area contributed by atoms with E-state index < -0.39 is 58.4 Å². The van der Waals surface area contributed by atoms with Crippen LogP contribution in [0.4, 0.5) is 28.0 Å². The van der Waals surface area contributed by atoms with Crippen molar-refractivity contribution in [1.82, 2.24) is 10.6 Å². The Morgan fingerprint density at radius 2 is 1.91 bits per heavy atom. The molecule has 0 aliphatic carbocycles. The second-order valence-electron chi connectivity index (χ2n) is 7.60. The Morgan fingerprint density at radius 3 is 2.52 bits per heavy atom. The number of hydrogen-bond donors (Lipinski definition) is 3. The molecule has 0 unspecified atom stereocenters. The van der Waals surface area contributed by atoms with Gasteiger partial charge < -0.3 is 15.4 Å². The molecule has 2 amide bonds. The van der Waals surface area contributed by atoms with Crippen molar-refractivity contribution in [3.63, 3.8) is 0 Å². The maximum absolute atomic E-state index is 14.4. The van der Waals surface area contributed by atoms with Crippen LogP contribution in [0, 0.1) is 11.6 Å². The zero-order valence-corrected chi connectivity index (χ0v) is 18.8. The zero-order chi connectivity index (χ0) is 24.4. The van der Waals surface area contributed by atoms with Crippen molar-refractivity contribution < 1.29 is 35.5 Å². The Morgan fingerprint density at radius 1 is 1.21 bits per heavy atom. The van der Waals surface area contributed by atoms with Gasteiger partial charge in [0.2, 0.25) is 10.0 Å². The largest absolute Gasteiger partial charge is 0.478 e. The lowest BCUT2D eigenvalue weighted by Gasteiger charge is -2.39. The van der Waals surface area contributed by atoms with Crippen LogP contribution in [0.5, 0.6) is 5.75 Å². The average Bonchev–Trinajstić information content (AvgIpc) is 2.75. The predicted molar refractivity (Wildman–Crippen MR) is 114 cm³/mol. The van der Waals surface area contributed by atoms with Gasteiger partial charge in [0.25, 0.3) is 0 Å².